The molecule has 7 heteroatoms. The Balaban J connectivity index is 1.68. The van der Waals surface area contributed by atoms with Crippen molar-refractivity contribution in [2.75, 3.05) is 26.2 Å². The van der Waals surface area contributed by atoms with E-state index in [9.17, 15) is 14.7 Å². The van der Waals surface area contributed by atoms with Crippen molar-refractivity contribution in [1.29, 1.82) is 0 Å². The van der Waals surface area contributed by atoms with Gasteiger partial charge in [-0.3, -0.25) is 9.59 Å². The van der Waals surface area contributed by atoms with E-state index in [0.717, 1.165) is 31.4 Å². The van der Waals surface area contributed by atoms with Gasteiger partial charge in [0.1, 0.15) is 0 Å². The van der Waals surface area contributed by atoms with E-state index in [4.69, 9.17) is 0 Å². The molecule has 2 amide bonds. The normalized spacial score (nSPS) is 12.6. The summed E-state index contributed by atoms with van der Waals surface area (Å²) in [6.45, 7) is 6.59. The maximum atomic E-state index is 13.3. The maximum absolute atomic E-state index is 13.3. The molecule has 1 aromatic heterocycles. The molecule has 0 radical (unpaired) electrons. The quantitative estimate of drug-likeness (QED) is 0.257. The number of rotatable bonds is 15. The van der Waals surface area contributed by atoms with E-state index < -0.39 is 12.1 Å². The zero-order chi connectivity index (χ0) is 26.5. The van der Waals surface area contributed by atoms with Crippen LogP contribution in [0.3, 0.4) is 0 Å². The van der Waals surface area contributed by atoms with E-state index in [1.54, 1.807) is 35.6 Å². The van der Waals surface area contributed by atoms with E-state index in [1.165, 1.54) is 4.88 Å². The van der Waals surface area contributed by atoms with Crippen LogP contribution in [0.4, 0.5) is 0 Å². The number of carbonyl (C=O) groups excluding carboxylic acids is 2. The molecule has 3 aromatic rings. The van der Waals surface area contributed by atoms with Crippen LogP contribution in [0, 0.1) is 0 Å². The maximum Gasteiger partial charge on any atom is 0.253 e. The highest BCUT2D eigenvalue weighted by Gasteiger charge is 2.23. The summed E-state index contributed by atoms with van der Waals surface area (Å²) in [6.07, 6.45) is 2.38. The van der Waals surface area contributed by atoms with Crippen LogP contribution in [0.15, 0.2) is 72.1 Å². The number of thiophene rings is 1. The zero-order valence-electron chi connectivity index (χ0n) is 21.9. The fraction of sp³-hybridized carbons (Fsp3) is 0.400. The topological polar surface area (TPSA) is 81.7 Å². The van der Waals surface area contributed by atoms with Crippen molar-refractivity contribution in [3.63, 3.8) is 0 Å². The van der Waals surface area contributed by atoms with Gasteiger partial charge in [0.2, 0.25) is 0 Å². The molecule has 0 aliphatic heterocycles. The van der Waals surface area contributed by atoms with Crippen LogP contribution in [0.2, 0.25) is 0 Å². The second-order valence-corrected chi connectivity index (χ2v) is 10.3. The molecular weight excluding hydrogens is 482 g/mol. The lowest BCUT2D eigenvalue weighted by molar-refractivity contribution is 0.0755. The lowest BCUT2D eigenvalue weighted by Gasteiger charge is -2.25. The minimum atomic E-state index is -0.776. The van der Waals surface area contributed by atoms with Crippen molar-refractivity contribution in [3.05, 3.63) is 93.7 Å². The predicted molar refractivity (Wildman–Crippen MR) is 151 cm³/mol. The molecule has 1 heterocycles. The molecule has 0 saturated carbocycles. The van der Waals surface area contributed by atoms with Gasteiger partial charge in [0, 0.05) is 42.2 Å². The Kier molecular flexibility index (Phi) is 11.8. The summed E-state index contributed by atoms with van der Waals surface area (Å²) in [5, 5.41) is 19.4. The number of aliphatic hydroxyl groups excluding tert-OH is 1. The summed E-state index contributed by atoms with van der Waals surface area (Å²) in [4.78, 5) is 29.4. The average molecular weight is 522 g/mol. The second-order valence-electron chi connectivity index (χ2n) is 9.24. The Bertz CT molecular complexity index is 1080. The first-order valence-electron chi connectivity index (χ1n) is 13.2. The first-order valence-corrected chi connectivity index (χ1v) is 14.0. The van der Waals surface area contributed by atoms with Gasteiger partial charge >= 0.3 is 0 Å². The number of nitrogens with zero attached hydrogens (tertiary/aromatic N) is 1. The van der Waals surface area contributed by atoms with Crippen molar-refractivity contribution in [2.45, 2.75) is 51.7 Å². The van der Waals surface area contributed by atoms with E-state index in [-0.39, 0.29) is 11.8 Å². The summed E-state index contributed by atoms with van der Waals surface area (Å²) >= 11 is 1.72. The summed E-state index contributed by atoms with van der Waals surface area (Å²) in [5.74, 6) is -0.361. The third kappa shape index (κ3) is 9.11. The van der Waals surface area contributed by atoms with Crippen LogP contribution in [0.1, 0.15) is 57.8 Å². The van der Waals surface area contributed by atoms with E-state index in [0.29, 0.717) is 37.2 Å². The lowest BCUT2D eigenvalue weighted by Crippen LogP contribution is -2.49. The highest BCUT2D eigenvalue weighted by atomic mass is 32.1. The molecule has 37 heavy (non-hydrogen) atoms. The molecule has 3 rings (SSSR count). The van der Waals surface area contributed by atoms with Crippen molar-refractivity contribution >= 4 is 23.2 Å². The Morgan fingerprint density at radius 3 is 2.35 bits per heavy atom. The minimum absolute atomic E-state index is 0.0610. The minimum Gasteiger partial charge on any atom is -0.390 e. The largest absolute Gasteiger partial charge is 0.390 e. The number of nitrogens with one attached hydrogen (secondary N) is 2. The van der Waals surface area contributed by atoms with Crippen LogP contribution < -0.4 is 10.6 Å². The van der Waals surface area contributed by atoms with Gasteiger partial charge < -0.3 is 20.6 Å². The molecule has 0 aliphatic rings. The second kappa shape index (κ2) is 15.3. The van der Waals surface area contributed by atoms with Crippen LogP contribution in [0.25, 0.3) is 0 Å². The monoisotopic (exact) mass is 521 g/mol. The average Bonchev–Trinajstić information content (AvgIpc) is 3.44. The highest BCUT2D eigenvalue weighted by Crippen LogP contribution is 2.13. The van der Waals surface area contributed by atoms with Gasteiger partial charge in [-0.25, -0.2) is 0 Å². The van der Waals surface area contributed by atoms with Crippen LogP contribution >= 0.6 is 11.3 Å². The summed E-state index contributed by atoms with van der Waals surface area (Å²) in [6, 6.07) is 20.3. The predicted octanol–water partition coefficient (Wildman–Crippen LogP) is 4.54. The number of aliphatic hydroxyl groups is 1. The van der Waals surface area contributed by atoms with Crippen molar-refractivity contribution in [1.82, 2.24) is 15.5 Å². The Morgan fingerprint density at radius 1 is 0.946 bits per heavy atom. The number of amides is 2. The van der Waals surface area contributed by atoms with Gasteiger partial charge in [-0.15, -0.1) is 11.3 Å². The molecule has 0 aliphatic carbocycles. The van der Waals surface area contributed by atoms with Crippen molar-refractivity contribution in [2.24, 2.45) is 0 Å². The lowest BCUT2D eigenvalue weighted by atomic mass is 10.00. The Labute approximate surface area is 224 Å². The van der Waals surface area contributed by atoms with Gasteiger partial charge in [0.15, 0.2) is 0 Å². The van der Waals surface area contributed by atoms with Gasteiger partial charge in [-0.05, 0) is 60.9 Å². The van der Waals surface area contributed by atoms with E-state index in [1.807, 2.05) is 41.3 Å². The molecule has 0 spiro atoms. The Hall–Kier alpha value is -3.00. The fourth-order valence-corrected chi connectivity index (χ4v) is 5.00. The number of benzene rings is 2. The van der Waals surface area contributed by atoms with Gasteiger partial charge in [0.05, 0.1) is 12.1 Å². The molecule has 3 N–H and O–H groups in total. The van der Waals surface area contributed by atoms with Gasteiger partial charge in [0.25, 0.3) is 11.8 Å². The smallest absolute Gasteiger partial charge is 0.253 e. The standard InChI is InChI=1S/C30H39N3O3S/c1-3-17-33(18-4-2)30(36)25-13-8-12-24(21-25)29(35)32-27(20-23-10-6-5-7-11-23)28(34)22-31-16-15-26-14-9-19-37-26/h5-14,19,21,27-28,31,34H,3-4,15-18,20,22H2,1-2H3,(H,32,35)/t27-,28+/m0/s1. The molecule has 2 aromatic carbocycles. The molecule has 2 atom stereocenters. The zero-order valence-corrected chi connectivity index (χ0v) is 22.7. The first kappa shape index (κ1) is 28.6. The van der Waals surface area contributed by atoms with E-state index in [2.05, 4.69) is 35.9 Å². The molecule has 0 bridgehead atoms. The summed E-state index contributed by atoms with van der Waals surface area (Å²) in [7, 11) is 0. The number of hydrogen-bond acceptors (Lipinski definition) is 5. The molecule has 6 nitrogen and oxygen atoms in total. The fourth-order valence-electron chi connectivity index (χ4n) is 4.29. The van der Waals surface area contributed by atoms with E-state index >= 15 is 0 Å². The van der Waals surface area contributed by atoms with Crippen molar-refractivity contribution < 1.29 is 14.7 Å². The molecular formula is C30H39N3O3S. The van der Waals surface area contributed by atoms with Crippen molar-refractivity contribution in [3.8, 4) is 0 Å². The molecule has 0 unspecified atom stereocenters. The first-order chi connectivity index (χ1) is 18.0. The molecule has 0 fully saturated rings. The number of carbonyl (C=O) groups is 2. The number of hydrogen-bond donors (Lipinski definition) is 3. The van der Waals surface area contributed by atoms with Crippen LogP contribution in [-0.2, 0) is 12.8 Å². The Morgan fingerprint density at radius 2 is 1.68 bits per heavy atom. The summed E-state index contributed by atoms with van der Waals surface area (Å²) < 4.78 is 0. The van der Waals surface area contributed by atoms with Gasteiger partial charge in [-0.1, -0.05) is 56.3 Å². The van der Waals surface area contributed by atoms with Crippen LogP contribution in [0.5, 0.6) is 0 Å². The highest BCUT2D eigenvalue weighted by molar-refractivity contribution is 7.09. The molecule has 198 valence electrons. The summed E-state index contributed by atoms with van der Waals surface area (Å²) in [5.41, 5.74) is 1.95. The SMILES string of the molecule is CCCN(CCC)C(=O)c1cccc(C(=O)N[C@@H](Cc2ccccc2)[C@H](O)CNCCc2cccs2)c1. The van der Waals surface area contributed by atoms with Crippen LogP contribution in [-0.4, -0.2) is 60.1 Å². The molecule has 0 saturated heterocycles. The van der Waals surface area contributed by atoms with Gasteiger partial charge in [-0.2, -0.15) is 0 Å². The third-order valence-corrected chi connectivity index (χ3v) is 7.14. The third-order valence-electron chi connectivity index (χ3n) is 6.21.